The van der Waals surface area contributed by atoms with Crippen molar-refractivity contribution >= 4 is 34.9 Å². The molecule has 0 radical (unpaired) electrons. The summed E-state index contributed by atoms with van der Waals surface area (Å²) in [6, 6.07) is 8.76. The predicted molar refractivity (Wildman–Crippen MR) is 89.1 cm³/mol. The number of halogens is 1. The molecule has 3 rings (SSSR count). The fourth-order valence-electron chi connectivity index (χ4n) is 2.40. The fraction of sp³-hybridized carbons (Fsp3) is 0.188. The molecule has 25 heavy (non-hydrogen) atoms. The molecule has 0 saturated carbocycles. The van der Waals surface area contributed by atoms with Crippen molar-refractivity contribution in [3.05, 3.63) is 57.1 Å². The van der Waals surface area contributed by atoms with Crippen molar-refractivity contribution < 1.29 is 19.2 Å². The van der Waals surface area contributed by atoms with E-state index in [9.17, 15) is 19.7 Å². The second kappa shape index (κ2) is 6.48. The fourth-order valence-corrected chi connectivity index (χ4v) is 2.53. The summed E-state index contributed by atoms with van der Waals surface area (Å²) in [5.74, 6) is -1.11. The first-order chi connectivity index (χ1) is 11.9. The third-order valence-corrected chi connectivity index (χ3v) is 3.90. The second-order valence-corrected chi connectivity index (χ2v) is 5.80. The highest BCUT2D eigenvalue weighted by Gasteiger charge is 2.37. The van der Waals surface area contributed by atoms with Crippen LogP contribution in [0.25, 0.3) is 0 Å². The third-order valence-electron chi connectivity index (χ3n) is 3.65. The Kier molecular flexibility index (Phi) is 4.37. The van der Waals surface area contributed by atoms with Gasteiger partial charge in [0.1, 0.15) is 0 Å². The van der Waals surface area contributed by atoms with E-state index in [1.165, 1.54) is 19.1 Å². The van der Waals surface area contributed by atoms with Crippen molar-refractivity contribution in [3.63, 3.8) is 0 Å². The minimum atomic E-state index is -0.825. The zero-order chi connectivity index (χ0) is 18.1. The molecule has 0 spiro atoms. The average Bonchev–Trinajstić information content (AvgIpc) is 2.59. The number of ketones is 1. The summed E-state index contributed by atoms with van der Waals surface area (Å²) in [5, 5.41) is 11.4. The summed E-state index contributed by atoms with van der Waals surface area (Å²) in [7, 11) is 0. The van der Waals surface area contributed by atoms with Crippen LogP contribution in [0.4, 0.5) is 11.6 Å². The number of hydrogen-bond donors (Lipinski definition) is 0. The highest BCUT2D eigenvalue weighted by atomic mass is 35.5. The van der Waals surface area contributed by atoms with Crippen molar-refractivity contribution in [2.24, 2.45) is 0 Å². The summed E-state index contributed by atoms with van der Waals surface area (Å²) >= 11 is 5.80. The number of hydrogen-bond acceptors (Lipinski definition) is 6. The third kappa shape index (κ3) is 3.29. The van der Waals surface area contributed by atoms with E-state index in [2.05, 4.69) is 4.98 Å². The van der Waals surface area contributed by atoms with Gasteiger partial charge in [-0.15, -0.1) is 0 Å². The number of benzene rings is 1. The van der Waals surface area contributed by atoms with Crippen LogP contribution >= 0.6 is 11.6 Å². The standard InChI is InChI=1S/C16H12ClN3O5/c1-9-16(22)19(8-12(21)10-2-4-11(17)5-3-10)15-13(25-9)6-7-14(18-15)20(23)24/h2-7,9H,8H2,1H3. The van der Waals surface area contributed by atoms with Gasteiger partial charge in [0.25, 0.3) is 11.7 Å². The number of rotatable bonds is 4. The number of carbonyl (C=O) groups excluding carboxylic acids is 2. The van der Waals surface area contributed by atoms with Gasteiger partial charge in [0, 0.05) is 16.7 Å². The van der Waals surface area contributed by atoms with Gasteiger partial charge >= 0.3 is 5.82 Å². The summed E-state index contributed by atoms with van der Waals surface area (Å²) in [6.45, 7) is 1.22. The molecule has 1 aromatic carbocycles. The molecule has 128 valence electrons. The zero-order valence-corrected chi connectivity index (χ0v) is 13.8. The van der Waals surface area contributed by atoms with Crippen LogP contribution in [0.2, 0.25) is 5.02 Å². The van der Waals surface area contributed by atoms with Crippen LogP contribution in [-0.2, 0) is 4.79 Å². The van der Waals surface area contributed by atoms with Gasteiger partial charge in [0.15, 0.2) is 17.6 Å². The maximum Gasteiger partial charge on any atom is 0.366 e. The predicted octanol–water partition coefficient (Wildman–Crippen LogP) is 2.64. The molecule has 2 aromatic rings. The highest BCUT2D eigenvalue weighted by molar-refractivity contribution is 6.30. The quantitative estimate of drug-likeness (QED) is 0.471. The minimum Gasteiger partial charge on any atom is -0.475 e. The number of Topliss-reactive ketones (excluding diaryl/α,β-unsaturated/α-hetero) is 1. The molecule has 0 aliphatic carbocycles. The van der Waals surface area contributed by atoms with E-state index in [1.807, 2.05) is 0 Å². The lowest BCUT2D eigenvalue weighted by atomic mass is 10.1. The van der Waals surface area contributed by atoms with Crippen molar-refractivity contribution in [2.75, 3.05) is 11.4 Å². The van der Waals surface area contributed by atoms with Gasteiger partial charge in [-0.05, 0) is 47.2 Å². The van der Waals surface area contributed by atoms with Crippen LogP contribution in [0, 0.1) is 10.1 Å². The van der Waals surface area contributed by atoms with Crippen LogP contribution in [0.15, 0.2) is 36.4 Å². The molecule has 1 aliphatic heterocycles. The number of pyridine rings is 1. The molecular weight excluding hydrogens is 350 g/mol. The number of carbonyl (C=O) groups is 2. The summed E-state index contributed by atoms with van der Waals surface area (Å²) in [6.07, 6.45) is -0.825. The lowest BCUT2D eigenvalue weighted by Gasteiger charge is -2.28. The molecule has 9 heteroatoms. The topological polar surface area (TPSA) is 103 Å². The van der Waals surface area contributed by atoms with E-state index in [4.69, 9.17) is 16.3 Å². The molecule has 1 aromatic heterocycles. The van der Waals surface area contributed by atoms with Gasteiger partial charge in [-0.2, -0.15) is 0 Å². The van der Waals surface area contributed by atoms with Crippen molar-refractivity contribution in [1.29, 1.82) is 0 Å². The Labute approximate surface area is 147 Å². The number of amides is 1. The highest BCUT2D eigenvalue weighted by Crippen LogP contribution is 2.34. The van der Waals surface area contributed by atoms with Gasteiger partial charge in [-0.1, -0.05) is 11.6 Å². The first-order valence-electron chi connectivity index (χ1n) is 7.29. The zero-order valence-electron chi connectivity index (χ0n) is 13.0. The second-order valence-electron chi connectivity index (χ2n) is 5.36. The van der Waals surface area contributed by atoms with Gasteiger partial charge in [-0.3, -0.25) is 14.5 Å². The molecule has 2 heterocycles. The molecule has 0 N–H and O–H groups in total. The van der Waals surface area contributed by atoms with E-state index in [0.717, 1.165) is 4.90 Å². The van der Waals surface area contributed by atoms with Gasteiger partial charge in [0.05, 0.1) is 6.54 Å². The number of nitrogens with zero attached hydrogens (tertiary/aromatic N) is 3. The molecule has 0 bridgehead atoms. The average molecular weight is 362 g/mol. The van der Waals surface area contributed by atoms with Crippen LogP contribution in [-0.4, -0.2) is 34.2 Å². The molecule has 1 amide bonds. The van der Waals surface area contributed by atoms with Gasteiger partial charge in [0.2, 0.25) is 0 Å². The molecule has 0 saturated heterocycles. The number of ether oxygens (including phenoxy) is 1. The minimum absolute atomic E-state index is 0.0420. The van der Waals surface area contributed by atoms with E-state index >= 15 is 0 Å². The van der Waals surface area contributed by atoms with E-state index in [0.29, 0.717) is 10.6 Å². The normalized spacial score (nSPS) is 16.2. The van der Waals surface area contributed by atoms with E-state index < -0.39 is 22.8 Å². The molecule has 8 nitrogen and oxygen atoms in total. The van der Waals surface area contributed by atoms with Crippen LogP contribution in [0.3, 0.4) is 0 Å². The summed E-state index contributed by atoms with van der Waals surface area (Å²) in [5.41, 5.74) is 0.364. The molecule has 1 aliphatic rings. The SMILES string of the molecule is CC1Oc2ccc([N+](=O)[O-])nc2N(CC(=O)c2ccc(Cl)cc2)C1=O. The van der Waals surface area contributed by atoms with Crippen molar-refractivity contribution in [2.45, 2.75) is 13.0 Å². The Bertz CT molecular complexity index is 869. The van der Waals surface area contributed by atoms with Crippen molar-refractivity contribution in [1.82, 2.24) is 4.98 Å². The lowest BCUT2D eigenvalue weighted by Crippen LogP contribution is -2.47. The van der Waals surface area contributed by atoms with Crippen LogP contribution in [0.5, 0.6) is 5.75 Å². The number of anilines is 1. The van der Waals surface area contributed by atoms with E-state index in [1.54, 1.807) is 24.3 Å². The van der Waals surface area contributed by atoms with Crippen LogP contribution in [0.1, 0.15) is 17.3 Å². The largest absolute Gasteiger partial charge is 0.475 e. The first kappa shape index (κ1) is 16.8. The monoisotopic (exact) mass is 361 g/mol. The van der Waals surface area contributed by atoms with Crippen LogP contribution < -0.4 is 9.64 Å². The van der Waals surface area contributed by atoms with Crippen molar-refractivity contribution in [3.8, 4) is 5.75 Å². The summed E-state index contributed by atoms with van der Waals surface area (Å²) < 4.78 is 5.41. The van der Waals surface area contributed by atoms with Gasteiger partial charge < -0.3 is 14.9 Å². The van der Waals surface area contributed by atoms with Gasteiger partial charge in [-0.25, -0.2) is 0 Å². The molecule has 1 unspecified atom stereocenters. The molecular formula is C16H12ClN3O5. The number of fused-ring (bicyclic) bond motifs is 1. The van der Waals surface area contributed by atoms with E-state index in [-0.39, 0.29) is 23.9 Å². The lowest BCUT2D eigenvalue weighted by molar-refractivity contribution is -0.389. The first-order valence-corrected chi connectivity index (χ1v) is 7.67. The number of nitro groups is 1. The Morgan fingerprint density at radius 1 is 1.32 bits per heavy atom. The Hall–Kier alpha value is -3.00. The molecule has 0 fully saturated rings. The Morgan fingerprint density at radius 2 is 2.00 bits per heavy atom. The summed E-state index contributed by atoms with van der Waals surface area (Å²) in [4.78, 5) is 40.1. The maximum absolute atomic E-state index is 12.5. The number of aromatic nitrogens is 1. The Balaban J connectivity index is 1.95. The Morgan fingerprint density at radius 3 is 2.64 bits per heavy atom. The molecule has 1 atom stereocenters. The smallest absolute Gasteiger partial charge is 0.366 e. The maximum atomic E-state index is 12.5.